The quantitative estimate of drug-likeness (QED) is 0.245. The lowest BCUT2D eigenvalue weighted by Crippen LogP contribution is -2.03. The van der Waals surface area contributed by atoms with Gasteiger partial charge in [0.15, 0.2) is 0 Å². The maximum absolute atomic E-state index is 8.10. The van der Waals surface area contributed by atoms with Crippen molar-refractivity contribution in [1.82, 2.24) is 0 Å². The molecular weight excluding hydrogens is 136 g/mol. The van der Waals surface area contributed by atoms with Gasteiger partial charge in [-0.15, -0.1) is 13.2 Å². The molecule has 0 aliphatic heterocycles. The zero-order valence-electron chi connectivity index (χ0n) is 5.95. The van der Waals surface area contributed by atoms with Crippen molar-refractivity contribution in [3.8, 4) is 0 Å². The summed E-state index contributed by atoms with van der Waals surface area (Å²) in [7, 11) is 0. The van der Waals surface area contributed by atoms with Crippen molar-refractivity contribution in [2.45, 2.75) is 0 Å². The number of aliphatic hydroxyl groups excluding tert-OH is 2. The minimum atomic E-state index is -0.0641. The van der Waals surface area contributed by atoms with Crippen LogP contribution in [0.2, 0.25) is 0 Å². The third-order valence-electron chi connectivity index (χ3n) is 0.433. The molecule has 10 heavy (non-hydrogen) atoms. The van der Waals surface area contributed by atoms with Crippen LogP contribution in [0.5, 0.6) is 0 Å². The molecule has 0 aromatic rings. The third-order valence-corrected chi connectivity index (χ3v) is 0.433. The van der Waals surface area contributed by atoms with Crippen molar-refractivity contribution >= 4 is 0 Å². The van der Waals surface area contributed by atoms with Crippen molar-refractivity contribution in [2.24, 2.45) is 0 Å². The summed E-state index contributed by atoms with van der Waals surface area (Å²) in [5, 5.41) is 16.2. The summed E-state index contributed by atoms with van der Waals surface area (Å²) < 4.78 is 0. The van der Waals surface area contributed by atoms with E-state index in [0.29, 0.717) is 0 Å². The van der Waals surface area contributed by atoms with Crippen LogP contribution in [0.1, 0.15) is 0 Å². The van der Waals surface area contributed by atoms with Crippen LogP contribution < -0.4 is 0 Å². The second kappa shape index (κ2) is 15.8. The molecule has 0 unspecified atom stereocenters. The van der Waals surface area contributed by atoms with Gasteiger partial charge in [-0.25, -0.2) is 9.78 Å². The standard InChI is InChI=1S/C4H10O4.C2H4/c5-1-3-7-8-4-2-6;1-2/h5-6H,1-4H2;1-2H2. The predicted molar refractivity (Wildman–Crippen MR) is 37.3 cm³/mol. The fourth-order valence-corrected chi connectivity index (χ4v) is 0.192. The van der Waals surface area contributed by atoms with Crippen molar-refractivity contribution in [3.63, 3.8) is 0 Å². The molecule has 0 saturated heterocycles. The topological polar surface area (TPSA) is 58.9 Å². The smallest absolute Gasteiger partial charge is 0.105 e. The van der Waals surface area contributed by atoms with Gasteiger partial charge in [0.2, 0.25) is 0 Å². The van der Waals surface area contributed by atoms with Gasteiger partial charge >= 0.3 is 0 Å². The summed E-state index contributed by atoms with van der Waals surface area (Å²) >= 11 is 0. The first-order chi connectivity index (χ1) is 4.91. The lowest BCUT2D eigenvalue weighted by Gasteiger charge is -1.97. The third kappa shape index (κ3) is 15.6. The van der Waals surface area contributed by atoms with Gasteiger partial charge in [0, 0.05) is 0 Å². The molecule has 0 aliphatic rings. The molecule has 0 fully saturated rings. The molecule has 0 amide bonds. The van der Waals surface area contributed by atoms with E-state index in [9.17, 15) is 0 Å². The Hall–Kier alpha value is -0.420. The van der Waals surface area contributed by atoms with E-state index >= 15 is 0 Å². The van der Waals surface area contributed by atoms with E-state index in [1.807, 2.05) is 0 Å². The Morgan fingerprint density at radius 2 is 1.20 bits per heavy atom. The summed E-state index contributed by atoms with van der Waals surface area (Å²) in [6.45, 7) is 6.18. The van der Waals surface area contributed by atoms with Gasteiger partial charge in [-0.2, -0.15) is 0 Å². The van der Waals surface area contributed by atoms with Gasteiger partial charge in [0.05, 0.1) is 13.2 Å². The molecule has 2 N–H and O–H groups in total. The molecule has 0 rings (SSSR count). The molecule has 62 valence electrons. The lowest BCUT2D eigenvalue weighted by atomic mass is 10.8. The summed E-state index contributed by atoms with van der Waals surface area (Å²) in [5.41, 5.74) is 0. The second-order valence-corrected chi connectivity index (χ2v) is 1.09. The maximum atomic E-state index is 8.10. The van der Waals surface area contributed by atoms with E-state index in [1.54, 1.807) is 0 Å². The average molecular weight is 150 g/mol. The van der Waals surface area contributed by atoms with Crippen molar-refractivity contribution in [2.75, 3.05) is 26.4 Å². The van der Waals surface area contributed by atoms with Gasteiger partial charge < -0.3 is 10.2 Å². The van der Waals surface area contributed by atoms with Gasteiger partial charge in [-0.3, -0.25) is 0 Å². The summed E-state index contributed by atoms with van der Waals surface area (Å²) in [6.07, 6.45) is 0. The Labute approximate surface area is 60.6 Å². The van der Waals surface area contributed by atoms with Crippen LogP contribution in [0, 0.1) is 0 Å². The van der Waals surface area contributed by atoms with E-state index in [2.05, 4.69) is 22.9 Å². The molecule has 0 saturated carbocycles. The molecule has 0 aromatic heterocycles. The number of hydrogen-bond donors (Lipinski definition) is 2. The van der Waals surface area contributed by atoms with Gasteiger partial charge in [-0.1, -0.05) is 0 Å². The van der Waals surface area contributed by atoms with Gasteiger partial charge in [0.25, 0.3) is 0 Å². The molecule has 0 bridgehead atoms. The van der Waals surface area contributed by atoms with Crippen LogP contribution in [0.4, 0.5) is 0 Å². The Bertz CT molecular complexity index is 43.0. The highest BCUT2D eigenvalue weighted by atomic mass is 17.2. The zero-order valence-corrected chi connectivity index (χ0v) is 5.95. The monoisotopic (exact) mass is 150 g/mol. The van der Waals surface area contributed by atoms with Crippen molar-refractivity contribution < 1.29 is 20.0 Å². The Balaban J connectivity index is 0. The molecule has 4 nitrogen and oxygen atoms in total. The van der Waals surface area contributed by atoms with Crippen LogP contribution in [0.25, 0.3) is 0 Å². The zero-order chi connectivity index (χ0) is 8.24. The first-order valence-corrected chi connectivity index (χ1v) is 2.88. The SMILES string of the molecule is C=C.OCCOOCCO. The molecule has 0 radical (unpaired) electrons. The fourth-order valence-electron chi connectivity index (χ4n) is 0.192. The van der Waals surface area contributed by atoms with E-state index in [4.69, 9.17) is 10.2 Å². The number of hydrogen-bond acceptors (Lipinski definition) is 4. The average Bonchev–Trinajstić information content (AvgIpc) is 2.02. The molecule has 0 atom stereocenters. The van der Waals surface area contributed by atoms with Crippen molar-refractivity contribution in [3.05, 3.63) is 13.2 Å². The largest absolute Gasteiger partial charge is 0.394 e. The molecule has 4 heteroatoms. The minimum absolute atomic E-state index is 0.0641. The van der Waals surface area contributed by atoms with E-state index in [1.165, 1.54) is 0 Å². The molecule has 0 aromatic carbocycles. The normalized spacial score (nSPS) is 8.20. The van der Waals surface area contributed by atoms with E-state index in [-0.39, 0.29) is 26.4 Å². The predicted octanol–water partition coefficient (Wildman–Crippen LogP) is -0.279. The van der Waals surface area contributed by atoms with Gasteiger partial charge in [-0.05, 0) is 0 Å². The van der Waals surface area contributed by atoms with Crippen LogP contribution in [0.3, 0.4) is 0 Å². The Morgan fingerprint density at radius 1 is 0.900 bits per heavy atom. The van der Waals surface area contributed by atoms with Crippen LogP contribution in [-0.4, -0.2) is 36.6 Å². The Kier molecular flexibility index (Phi) is 19.4. The maximum Gasteiger partial charge on any atom is 0.105 e. The lowest BCUT2D eigenvalue weighted by molar-refractivity contribution is -0.300. The highest BCUT2D eigenvalue weighted by Crippen LogP contribution is 1.74. The van der Waals surface area contributed by atoms with Gasteiger partial charge in [0.1, 0.15) is 13.2 Å². The number of rotatable bonds is 5. The molecule has 0 heterocycles. The summed E-state index contributed by atoms with van der Waals surface area (Å²) in [5.74, 6) is 0. The van der Waals surface area contributed by atoms with Crippen molar-refractivity contribution in [1.29, 1.82) is 0 Å². The van der Waals surface area contributed by atoms with E-state index in [0.717, 1.165) is 0 Å². The van der Waals surface area contributed by atoms with Crippen LogP contribution in [-0.2, 0) is 9.78 Å². The van der Waals surface area contributed by atoms with Crippen LogP contribution >= 0.6 is 0 Å². The first kappa shape index (κ1) is 12.3. The first-order valence-electron chi connectivity index (χ1n) is 2.88. The minimum Gasteiger partial charge on any atom is -0.394 e. The molecular formula is C6H14O4. The highest BCUT2D eigenvalue weighted by molar-refractivity contribution is 4.22. The summed E-state index contributed by atoms with van der Waals surface area (Å²) in [4.78, 5) is 8.63. The number of aliphatic hydroxyl groups is 2. The Morgan fingerprint density at radius 3 is 1.40 bits per heavy atom. The van der Waals surface area contributed by atoms with Crippen LogP contribution in [0.15, 0.2) is 13.2 Å². The van der Waals surface area contributed by atoms with E-state index < -0.39 is 0 Å². The fraction of sp³-hybridized carbons (Fsp3) is 0.667. The highest BCUT2D eigenvalue weighted by Gasteiger charge is 1.83. The second-order valence-electron chi connectivity index (χ2n) is 1.09. The molecule has 0 aliphatic carbocycles. The summed E-state index contributed by atoms with van der Waals surface area (Å²) in [6, 6.07) is 0. The molecule has 0 spiro atoms.